The lowest BCUT2D eigenvalue weighted by Gasteiger charge is -2.01. The molecule has 12 heavy (non-hydrogen) atoms. The Kier molecular flexibility index (Phi) is 2.05. The van der Waals surface area contributed by atoms with Crippen molar-refractivity contribution in [1.29, 1.82) is 0 Å². The molecule has 0 unspecified atom stereocenters. The van der Waals surface area contributed by atoms with Crippen LogP contribution in [0, 0.1) is 0 Å². The van der Waals surface area contributed by atoms with Crippen molar-refractivity contribution in [2.24, 2.45) is 0 Å². The molecule has 2 rings (SSSR count). The van der Waals surface area contributed by atoms with Gasteiger partial charge in [-0.1, -0.05) is 15.9 Å². The van der Waals surface area contributed by atoms with Crippen molar-refractivity contribution in [3.05, 3.63) is 21.9 Å². The van der Waals surface area contributed by atoms with E-state index in [-0.39, 0.29) is 5.97 Å². The molecule has 0 saturated heterocycles. The molecule has 0 spiro atoms. The summed E-state index contributed by atoms with van der Waals surface area (Å²) in [4.78, 5) is 10.9. The molecule has 0 bridgehead atoms. The number of carbonyl (C=O) groups excluding carboxylic acids is 1. The number of allylic oxidation sites excluding steroid dienone is 2. The second-order valence-electron chi connectivity index (χ2n) is 3.03. The number of rotatable bonds is 0. The summed E-state index contributed by atoms with van der Waals surface area (Å²) in [6.45, 7) is 0. The Morgan fingerprint density at radius 1 is 1.33 bits per heavy atom. The van der Waals surface area contributed by atoms with E-state index < -0.39 is 0 Å². The third-order valence-electron chi connectivity index (χ3n) is 2.13. The second-order valence-corrected chi connectivity index (χ2v) is 3.99. The van der Waals surface area contributed by atoms with Gasteiger partial charge in [0.1, 0.15) is 5.76 Å². The molecule has 0 N–H and O–H groups in total. The molecule has 1 aliphatic carbocycles. The van der Waals surface area contributed by atoms with Gasteiger partial charge in [-0.05, 0) is 25.7 Å². The zero-order valence-corrected chi connectivity index (χ0v) is 8.19. The first kappa shape index (κ1) is 8.05. The highest BCUT2D eigenvalue weighted by Gasteiger charge is 2.24. The Bertz CT molecular complexity index is 289. The molecule has 0 aromatic carbocycles. The Morgan fingerprint density at radius 2 is 2.08 bits per heavy atom. The van der Waals surface area contributed by atoms with E-state index in [1.807, 2.05) is 0 Å². The van der Waals surface area contributed by atoms with E-state index in [1.165, 1.54) is 6.42 Å². The molecule has 0 radical (unpaired) electrons. The molecule has 2 nitrogen and oxygen atoms in total. The maximum Gasteiger partial charge on any atom is 0.336 e. The standard InChI is InChI=1S/C9H9BrO2/c10-7-4-2-1-3-6-5-8(11)12-9(6)7/h5H,1-4H2. The SMILES string of the molecule is O=C1C=C2CCCCC(Br)=C2O1. The molecule has 0 amide bonds. The minimum absolute atomic E-state index is 0.223. The van der Waals surface area contributed by atoms with Crippen molar-refractivity contribution in [2.75, 3.05) is 0 Å². The van der Waals surface area contributed by atoms with E-state index in [9.17, 15) is 4.79 Å². The molecule has 0 aromatic rings. The van der Waals surface area contributed by atoms with Crippen LogP contribution in [0.5, 0.6) is 0 Å². The van der Waals surface area contributed by atoms with Gasteiger partial charge < -0.3 is 4.74 Å². The molecule has 2 aliphatic rings. The first-order valence-corrected chi connectivity index (χ1v) is 4.88. The quantitative estimate of drug-likeness (QED) is 0.597. The van der Waals surface area contributed by atoms with Crippen molar-refractivity contribution in [3.63, 3.8) is 0 Å². The predicted octanol–water partition coefficient (Wildman–Crippen LogP) is 2.65. The van der Waals surface area contributed by atoms with E-state index in [0.717, 1.165) is 35.1 Å². The van der Waals surface area contributed by atoms with Gasteiger partial charge in [-0.2, -0.15) is 0 Å². The summed E-state index contributed by atoms with van der Waals surface area (Å²) >= 11 is 3.43. The van der Waals surface area contributed by atoms with Crippen molar-refractivity contribution >= 4 is 21.9 Å². The molecule has 0 aromatic heterocycles. The van der Waals surface area contributed by atoms with Crippen molar-refractivity contribution in [3.8, 4) is 0 Å². The first-order valence-electron chi connectivity index (χ1n) is 4.09. The van der Waals surface area contributed by atoms with Crippen molar-refractivity contribution < 1.29 is 9.53 Å². The van der Waals surface area contributed by atoms with E-state index in [2.05, 4.69) is 15.9 Å². The summed E-state index contributed by atoms with van der Waals surface area (Å²) in [6, 6.07) is 0. The minimum Gasteiger partial charge on any atom is -0.422 e. The van der Waals surface area contributed by atoms with Gasteiger partial charge in [-0.25, -0.2) is 4.79 Å². The maximum atomic E-state index is 10.9. The molecule has 1 heterocycles. The molecule has 0 saturated carbocycles. The van der Waals surface area contributed by atoms with Crippen LogP contribution in [-0.2, 0) is 9.53 Å². The number of esters is 1. The molecule has 0 fully saturated rings. The molecule has 64 valence electrons. The van der Waals surface area contributed by atoms with Crippen LogP contribution < -0.4 is 0 Å². The van der Waals surface area contributed by atoms with Crippen LogP contribution in [0.15, 0.2) is 21.9 Å². The van der Waals surface area contributed by atoms with Gasteiger partial charge in [-0.15, -0.1) is 0 Å². The second kappa shape index (κ2) is 3.05. The van der Waals surface area contributed by atoms with Crippen LogP contribution in [0.4, 0.5) is 0 Å². The van der Waals surface area contributed by atoms with Crippen molar-refractivity contribution in [1.82, 2.24) is 0 Å². The lowest BCUT2D eigenvalue weighted by Crippen LogP contribution is -1.92. The molecule has 3 heteroatoms. The van der Waals surface area contributed by atoms with Crippen LogP contribution in [0.3, 0.4) is 0 Å². The fourth-order valence-corrected chi connectivity index (χ4v) is 2.14. The minimum atomic E-state index is -0.223. The third-order valence-corrected chi connectivity index (χ3v) is 2.88. The number of fused-ring (bicyclic) bond motifs is 1. The van der Waals surface area contributed by atoms with Crippen molar-refractivity contribution in [2.45, 2.75) is 25.7 Å². The Morgan fingerprint density at radius 3 is 2.92 bits per heavy atom. The first-order chi connectivity index (χ1) is 5.77. The third kappa shape index (κ3) is 1.33. The summed E-state index contributed by atoms with van der Waals surface area (Å²) in [6.07, 6.45) is 5.86. The number of halogens is 1. The normalized spacial score (nSPS) is 23.1. The summed E-state index contributed by atoms with van der Waals surface area (Å²) in [5, 5.41) is 0. The van der Waals surface area contributed by atoms with Crippen LogP contribution in [0.1, 0.15) is 25.7 Å². The van der Waals surface area contributed by atoms with Gasteiger partial charge >= 0.3 is 5.97 Å². The smallest absolute Gasteiger partial charge is 0.336 e. The van der Waals surface area contributed by atoms with Gasteiger partial charge in [0.15, 0.2) is 0 Å². The topological polar surface area (TPSA) is 26.3 Å². The van der Waals surface area contributed by atoms with E-state index in [4.69, 9.17) is 4.74 Å². The summed E-state index contributed by atoms with van der Waals surface area (Å²) in [5.74, 6) is 0.552. The monoisotopic (exact) mass is 228 g/mol. The van der Waals surface area contributed by atoms with Gasteiger partial charge in [0.05, 0.1) is 0 Å². The zero-order valence-electron chi connectivity index (χ0n) is 6.60. The van der Waals surface area contributed by atoms with Gasteiger partial charge in [0.2, 0.25) is 0 Å². The summed E-state index contributed by atoms with van der Waals surface area (Å²) in [7, 11) is 0. The summed E-state index contributed by atoms with van der Waals surface area (Å²) < 4.78 is 6.10. The van der Waals surface area contributed by atoms with E-state index in [1.54, 1.807) is 6.08 Å². The predicted molar refractivity (Wildman–Crippen MR) is 48.6 cm³/mol. The number of hydrogen-bond acceptors (Lipinski definition) is 2. The largest absolute Gasteiger partial charge is 0.422 e. The molecule has 1 aliphatic heterocycles. The van der Waals surface area contributed by atoms with E-state index in [0.29, 0.717) is 0 Å². The Hall–Kier alpha value is -0.570. The fourth-order valence-electron chi connectivity index (χ4n) is 1.53. The van der Waals surface area contributed by atoms with Crippen LogP contribution in [0.2, 0.25) is 0 Å². The molecular formula is C9H9BrO2. The average Bonchev–Trinajstić information content (AvgIpc) is 2.33. The van der Waals surface area contributed by atoms with E-state index >= 15 is 0 Å². The lowest BCUT2D eigenvalue weighted by molar-refractivity contribution is -0.132. The zero-order chi connectivity index (χ0) is 8.55. The van der Waals surface area contributed by atoms with Crippen LogP contribution in [0.25, 0.3) is 0 Å². The number of ether oxygens (including phenoxy) is 1. The maximum absolute atomic E-state index is 10.9. The number of carbonyl (C=O) groups is 1. The Balaban J connectivity index is 2.37. The van der Waals surface area contributed by atoms with Gasteiger partial charge in [0.25, 0.3) is 0 Å². The van der Waals surface area contributed by atoms with Gasteiger partial charge in [0, 0.05) is 16.1 Å². The molecule has 0 atom stereocenters. The highest BCUT2D eigenvalue weighted by atomic mass is 79.9. The van der Waals surface area contributed by atoms with Gasteiger partial charge in [-0.3, -0.25) is 0 Å². The highest BCUT2D eigenvalue weighted by Crippen LogP contribution is 2.35. The van der Waals surface area contributed by atoms with Crippen LogP contribution in [-0.4, -0.2) is 5.97 Å². The van der Waals surface area contributed by atoms with Crippen LogP contribution >= 0.6 is 15.9 Å². The highest BCUT2D eigenvalue weighted by molar-refractivity contribution is 9.11. The number of hydrogen-bond donors (Lipinski definition) is 0. The summed E-state index contributed by atoms with van der Waals surface area (Å²) in [5.41, 5.74) is 1.06. The fraction of sp³-hybridized carbons (Fsp3) is 0.444. The lowest BCUT2D eigenvalue weighted by atomic mass is 10.1. The average molecular weight is 229 g/mol. The molecular weight excluding hydrogens is 220 g/mol. The Labute approximate surface area is 79.4 Å².